The number of aromatic hydroxyl groups is 3. The van der Waals surface area contributed by atoms with Crippen molar-refractivity contribution in [3.05, 3.63) is 88.5 Å². The second kappa shape index (κ2) is 11.2. The molecule has 1 aliphatic heterocycles. The van der Waals surface area contributed by atoms with E-state index < -0.39 is 5.75 Å². The molecule has 4 aromatic carbocycles. The predicted octanol–water partition coefficient (Wildman–Crippen LogP) is 6.10. The Bertz CT molecular complexity index is 1510. The van der Waals surface area contributed by atoms with Gasteiger partial charge in [-0.2, -0.15) is 0 Å². The summed E-state index contributed by atoms with van der Waals surface area (Å²) in [5.74, 6) is 1.05. The Kier molecular flexibility index (Phi) is 7.51. The molecule has 0 aromatic heterocycles. The summed E-state index contributed by atoms with van der Waals surface area (Å²) in [7, 11) is 6.14. The zero-order valence-electron chi connectivity index (χ0n) is 22.9. The lowest BCUT2D eigenvalue weighted by molar-refractivity contribution is 0.313. The summed E-state index contributed by atoms with van der Waals surface area (Å²) in [6.45, 7) is 0. The highest BCUT2D eigenvalue weighted by molar-refractivity contribution is 5.71. The molecule has 3 N–H and O–H groups in total. The van der Waals surface area contributed by atoms with E-state index in [4.69, 9.17) is 23.7 Å². The lowest BCUT2D eigenvalue weighted by atomic mass is 9.81. The Labute approximate surface area is 232 Å². The molecule has 4 aromatic rings. The molecule has 1 atom stereocenters. The number of phenols is 3. The van der Waals surface area contributed by atoms with Crippen molar-refractivity contribution >= 4 is 0 Å². The molecule has 0 saturated carbocycles. The fourth-order valence-electron chi connectivity index (χ4n) is 5.24. The van der Waals surface area contributed by atoms with E-state index in [2.05, 4.69) is 0 Å². The van der Waals surface area contributed by atoms with E-state index in [9.17, 15) is 15.3 Å². The number of fused-ring (bicyclic) bond motifs is 2. The number of phenolic OH excluding ortho intramolecular Hbond substituents is 3. The molecule has 208 valence electrons. The third-order valence-electron chi connectivity index (χ3n) is 7.34. The molecule has 5 rings (SSSR count). The molecule has 0 radical (unpaired) electrons. The van der Waals surface area contributed by atoms with Crippen LogP contribution >= 0.6 is 0 Å². The van der Waals surface area contributed by atoms with Crippen LogP contribution in [0.2, 0.25) is 0 Å². The Morgan fingerprint density at radius 1 is 0.625 bits per heavy atom. The third-order valence-corrected chi connectivity index (χ3v) is 7.34. The number of hydrogen-bond donors (Lipinski definition) is 3. The van der Waals surface area contributed by atoms with Crippen LogP contribution in [-0.2, 0) is 19.3 Å². The van der Waals surface area contributed by atoms with E-state index in [1.165, 1.54) is 20.3 Å². The summed E-state index contributed by atoms with van der Waals surface area (Å²) < 4.78 is 27.8. The van der Waals surface area contributed by atoms with Crippen LogP contribution in [0.25, 0.3) is 0 Å². The van der Waals surface area contributed by atoms with Crippen LogP contribution in [0.5, 0.6) is 51.7 Å². The summed E-state index contributed by atoms with van der Waals surface area (Å²) in [6.07, 6.45) is 1.83. The first kappa shape index (κ1) is 26.9. The van der Waals surface area contributed by atoms with Crippen LogP contribution in [0.4, 0.5) is 0 Å². The van der Waals surface area contributed by atoms with E-state index in [0.717, 1.165) is 33.8 Å². The van der Waals surface area contributed by atoms with E-state index in [0.29, 0.717) is 30.6 Å². The summed E-state index contributed by atoms with van der Waals surface area (Å²) in [4.78, 5) is 0. The minimum Gasteiger partial charge on any atom is -0.504 e. The largest absolute Gasteiger partial charge is 0.504 e. The number of ether oxygens (including phenoxy) is 5. The van der Waals surface area contributed by atoms with Crippen LogP contribution < -0.4 is 23.7 Å². The maximum Gasteiger partial charge on any atom is 0.208 e. The molecule has 0 saturated heterocycles. The first-order chi connectivity index (χ1) is 19.4. The second-order valence-corrected chi connectivity index (χ2v) is 9.59. The van der Waals surface area contributed by atoms with Crippen LogP contribution in [-0.4, -0.2) is 43.8 Å². The Balaban J connectivity index is 1.61. The van der Waals surface area contributed by atoms with Gasteiger partial charge in [-0.3, -0.25) is 0 Å². The van der Waals surface area contributed by atoms with E-state index in [-0.39, 0.29) is 34.7 Å². The molecule has 0 bridgehead atoms. The molecular formula is C32H32O8. The molecule has 0 amide bonds. The van der Waals surface area contributed by atoms with Crippen LogP contribution in [0.3, 0.4) is 0 Å². The molecule has 0 fully saturated rings. The van der Waals surface area contributed by atoms with Gasteiger partial charge in [-0.05, 0) is 72.4 Å². The average molecular weight is 545 g/mol. The SMILES string of the molecule is COc1ccc(CCc2cc3c(c(O)c2OC)Oc2c(cc(O)c(O)c2OC)C3Cc2ccc(OC)cc2)cc1. The quantitative estimate of drug-likeness (QED) is 0.217. The summed E-state index contributed by atoms with van der Waals surface area (Å²) >= 11 is 0. The zero-order chi connectivity index (χ0) is 28.4. The van der Waals surface area contributed by atoms with E-state index in [1.807, 2.05) is 54.6 Å². The van der Waals surface area contributed by atoms with Gasteiger partial charge < -0.3 is 39.0 Å². The van der Waals surface area contributed by atoms with Crippen molar-refractivity contribution in [2.45, 2.75) is 25.2 Å². The maximum atomic E-state index is 11.4. The molecule has 8 nitrogen and oxygen atoms in total. The van der Waals surface area contributed by atoms with Gasteiger partial charge in [-0.25, -0.2) is 0 Å². The Morgan fingerprint density at radius 3 is 1.77 bits per heavy atom. The number of aryl methyl sites for hydroxylation is 2. The van der Waals surface area contributed by atoms with Crippen molar-refractivity contribution in [1.82, 2.24) is 0 Å². The highest BCUT2D eigenvalue weighted by atomic mass is 16.5. The number of rotatable bonds is 9. The molecular weight excluding hydrogens is 512 g/mol. The third kappa shape index (κ3) is 4.88. The molecule has 8 heteroatoms. The molecule has 1 aliphatic rings. The minimum atomic E-state index is -0.435. The van der Waals surface area contributed by atoms with Gasteiger partial charge in [0.05, 0.1) is 28.4 Å². The first-order valence-corrected chi connectivity index (χ1v) is 12.9. The van der Waals surface area contributed by atoms with Gasteiger partial charge in [0, 0.05) is 17.0 Å². The van der Waals surface area contributed by atoms with Gasteiger partial charge in [-0.1, -0.05) is 24.3 Å². The first-order valence-electron chi connectivity index (χ1n) is 12.9. The monoisotopic (exact) mass is 544 g/mol. The maximum absolute atomic E-state index is 11.4. The normalized spacial score (nSPS) is 13.6. The van der Waals surface area contributed by atoms with Crippen LogP contribution in [0.1, 0.15) is 33.7 Å². The van der Waals surface area contributed by atoms with Crippen molar-refractivity contribution in [2.75, 3.05) is 28.4 Å². The number of benzene rings is 4. The second-order valence-electron chi connectivity index (χ2n) is 9.59. The van der Waals surface area contributed by atoms with Gasteiger partial charge in [-0.15, -0.1) is 0 Å². The van der Waals surface area contributed by atoms with Crippen molar-refractivity contribution in [3.63, 3.8) is 0 Å². The standard InChI is InChI=1S/C32H32O8/c1-36-21-11-6-18(7-12-21)5-10-20-16-24-23(15-19-8-13-22(37-2)14-9-19)25-17-26(33)27(34)32(39-4)31(25)40-30(24)28(35)29(20)38-3/h6-9,11-14,16-17,23,33-35H,5,10,15H2,1-4H3. The summed E-state index contributed by atoms with van der Waals surface area (Å²) in [5, 5.41) is 32.5. The van der Waals surface area contributed by atoms with Crippen molar-refractivity contribution in [3.8, 4) is 51.7 Å². The van der Waals surface area contributed by atoms with Crippen molar-refractivity contribution in [1.29, 1.82) is 0 Å². The Hall–Kier alpha value is -4.72. The lowest BCUT2D eigenvalue weighted by Gasteiger charge is -2.31. The van der Waals surface area contributed by atoms with Crippen LogP contribution in [0.15, 0.2) is 60.7 Å². The van der Waals surface area contributed by atoms with Gasteiger partial charge in [0.2, 0.25) is 17.2 Å². The number of methoxy groups -OCH3 is 4. The van der Waals surface area contributed by atoms with Crippen molar-refractivity contribution in [2.24, 2.45) is 0 Å². The van der Waals surface area contributed by atoms with E-state index >= 15 is 0 Å². The highest BCUT2D eigenvalue weighted by Gasteiger charge is 2.36. The molecule has 1 unspecified atom stereocenters. The van der Waals surface area contributed by atoms with Gasteiger partial charge in [0.15, 0.2) is 23.0 Å². The topological polar surface area (TPSA) is 107 Å². The fourth-order valence-corrected chi connectivity index (χ4v) is 5.24. The molecule has 0 spiro atoms. The smallest absolute Gasteiger partial charge is 0.208 e. The van der Waals surface area contributed by atoms with Crippen molar-refractivity contribution < 1.29 is 39.0 Å². The minimum absolute atomic E-state index is 0.0117. The van der Waals surface area contributed by atoms with Gasteiger partial charge in [0.1, 0.15) is 11.5 Å². The Morgan fingerprint density at radius 2 is 1.20 bits per heavy atom. The van der Waals surface area contributed by atoms with Gasteiger partial charge >= 0.3 is 0 Å². The number of hydrogen-bond acceptors (Lipinski definition) is 8. The predicted molar refractivity (Wildman–Crippen MR) is 150 cm³/mol. The highest BCUT2D eigenvalue weighted by Crippen LogP contribution is 2.58. The van der Waals surface area contributed by atoms with Crippen LogP contribution in [0, 0.1) is 0 Å². The fraction of sp³-hybridized carbons (Fsp3) is 0.250. The lowest BCUT2D eigenvalue weighted by Crippen LogP contribution is -2.15. The molecule has 0 aliphatic carbocycles. The van der Waals surface area contributed by atoms with E-state index in [1.54, 1.807) is 14.2 Å². The average Bonchev–Trinajstić information content (AvgIpc) is 2.98. The van der Waals surface area contributed by atoms with Gasteiger partial charge in [0.25, 0.3) is 0 Å². The molecule has 1 heterocycles. The molecule has 40 heavy (non-hydrogen) atoms. The zero-order valence-corrected chi connectivity index (χ0v) is 22.9. The summed E-state index contributed by atoms with van der Waals surface area (Å²) in [5.41, 5.74) is 4.30. The summed E-state index contributed by atoms with van der Waals surface area (Å²) in [6, 6.07) is 19.1.